The topological polar surface area (TPSA) is 66.5 Å². The Bertz CT molecular complexity index is 1120. The fourth-order valence-corrected chi connectivity index (χ4v) is 7.98. The summed E-state index contributed by atoms with van der Waals surface area (Å²) in [6, 6.07) is 15.7. The van der Waals surface area contributed by atoms with Crippen molar-refractivity contribution < 1.29 is 13.2 Å². The third kappa shape index (κ3) is 4.61. The second kappa shape index (κ2) is 8.71. The van der Waals surface area contributed by atoms with E-state index in [0.29, 0.717) is 22.7 Å². The van der Waals surface area contributed by atoms with Gasteiger partial charge in [-0.25, -0.2) is 8.42 Å². The van der Waals surface area contributed by atoms with Crippen LogP contribution in [0.3, 0.4) is 0 Å². The van der Waals surface area contributed by atoms with Crippen LogP contribution in [0.4, 0.5) is 11.4 Å². The van der Waals surface area contributed by atoms with Crippen LogP contribution in [0.2, 0.25) is 0 Å². The molecule has 4 bridgehead atoms. The lowest BCUT2D eigenvalue weighted by molar-refractivity contribution is -0.114. The van der Waals surface area contributed by atoms with E-state index in [4.69, 9.17) is 0 Å². The van der Waals surface area contributed by atoms with Gasteiger partial charge in [-0.3, -0.25) is 9.10 Å². The summed E-state index contributed by atoms with van der Waals surface area (Å²) in [6.45, 7) is 3.92. The van der Waals surface area contributed by atoms with Crippen molar-refractivity contribution >= 4 is 27.3 Å². The largest absolute Gasteiger partial charge is 0.325 e. The van der Waals surface area contributed by atoms with Gasteiger partial charge in [0, 0.05) is 5.69 Å². The zero-order valence-corrected chi connectivity index (χ0v) is 21.3. The molecule has 34 heavy (non-hydrogen) atoms. The lowest BCUT2D eigenvalue weighted by Crippen LogP contribution is -2.48. The van der Waals surface area contributed by atoms with Gasteiger partial charge < -0.3 is 5.32 Å². The Labute approximate surface area is 204 Å². The van der Waals surface area contributed by atoms with E-state index in [1.807, 2.05) is 24.3 Å². The first-order chi connectivity index (χ1) is 16.1. The summed E-state index contributed by atoms with van der Waals surface area (Å²) in [7, 11) is -3.60. The van der Waals surface area contributed by atoms with Gasteiger partial charge in [0.05, 0.1) is 11.9 Å². The third-order valence-electron chi connectivity index (χ3n) is 8.35. The van der Waals surface area contributed by atoms with Crippen molar-refractivity contribution in [2.75, 3.05) is 22.4 Å². The van der Waals surface area contributed by atoms with E-state index >= 15 is 0 Å². The molecular formula is C28H36N2O3S. The minimum absolute atomic E-state index is 0.253. The zero-order valence-electron chi connectivity index (χ0n) is 20.5. The summed E-state index contributed by atoms with van der Waals surface area (Å²) >= 11 is 0. The molecule has 0 atom stereocenters. The Morgan fingerprint density at radius 2 is 1.47 bits per heavy atom. The molecule has 0 aromatic heterocycles. The number of hydrogen-bond acceptors (Lipinski definition) is 3. The Morgan fingerprint density at radius 3 is 1.94 bits per heavy atom. The van der Waals surface area contributed by atoms with Gasteiger partial charge in [-0.2, -0.15) is 0 Å². The molecule has 0 spiro atoms. The van der Waals surface area contributed by atoms with Crippen LogP contribution in [0.15, 0.2) is 48.5 Å². The molecule has 4 aliphatic carbocycles. The molecule has 1 amide bonds. The number of amides is 1. The van der Waals surface area contributed by atoms with Gasteiger partial charge in [-0.1, -0.05) is 38.1 Å². The quantitative estimate of drug-likeness (QED) is 0.554. The molecule has 4 saturated carbocycles. The molecule has 0 radical (unpaired) electrons. The van der Waals surface area contributed by atoms with Crippen molar-refractivity contribution in [1.82, 2.24) is 0 Å². The maximum Gasteiger partial charge on any atom is 0.245 e. The van der Waals surface area contributed by atoms with Crippen molar-refractivity contribution in [1.29, 1.82) is 0 Å². The van der Waals surface area contributed by atoms with Gasteiger partial charge in [-0.15, -0.1) is 0 Å². The number of sulfonamides is 1. The number of benzene rings is 2. The normalized spacial score (nSPS) is 27.7. The lowest BCUT2D eigenvalue weighted by atomic mass is 9.48. The average molecular weight is 481 g/mol. The molecule has 2 aromatic rings. The highest BCUT2D eigenvalue weighted by atomic mass is 32.2. The number of nitrogens with one attached hydrogen (secondary N) is 1. The Morgan fingerprint density at radius 1 is 0.941 bits per heavy atom. The molecule has 4 fully saturated rings. The van der Waals surface area contributed by atoms with Crippen molar-refractivity contribution in [3.63, 3.8) is 0 Å². The second-order valence-corrected chi connectivity index (χ2v) is 13.2. The van der Waals surface area contributed by atoms with Gasteiger partial charge in [0.25, 0.3) is 0 Å². The maximum absolute atomic E-state index is 12.8. The summed E-state index contributed by atoms with van der Waals surface area (Å²) in [4.78, 5) is 12.8. The average Bonchev–Trinajstić information content (AvgIpc) is 2.76. The standard InChI is InChI=1S/C28H36N2O3S/c1-19(2)23-4-10-26(11-5-23)30(34(3,32)33)18-27(31)29-25-8-6-24(7-9-25)28-15-20-12-21(16-28)14-22(13-20)17-28/h4-11,19-22H,12-18H2,1-3H3,(H,29,31). The van der Waals surface area contributed by atoms with Crippen molar-refractivity contribution in [2.45, 2.75) is 63.7 Å². The van der Waals surface area contributed by atoms with E-state index in [0.717, 1.165) is 33.9 Å². The van der Waals surface area contributed by atoms with E-state index in [-0.39, 0.29) is 12.5 Å². The minimum Gasteiger partial charge on any atom is -0.325 e. The molecule has 182 valence electrons. The first kappa shape index (κ1) is 23.4. The van der Waals surface area contributed by atoms with Crippen LogP contribution in [0.1, 0.15) is 69.4 Å². The predicted molar refractivity (Wildman–Crippen MR) is 138 cm³/mol. The number of hydrogen-bond donors (Lipinski definition) is 1. The van der Waals surface area contributed by atoms with Gasteiger partial charge >= 0.3 is 0 Å². The maximum atomic E-state index is 12.8. The number of carbonyl (C=O) groups excluding carboxylic acids is 1. The highest BCUT2D eigenvalue weighted by Crippen LogP contribution is 2.60. The van der Waals surface area contributed by atoms with Crippen LogP contribution in [0.5, 0.6) is 0 Å². The van der Waals surface area contributed by atoms with Crippen LogP contribution in [0, 0.1) is 17.8 Å². The number of carbonyl (C=O) groups is 1. The van der Waals surface area contributed by atoms with Gasteiger partial charge in [-0.05, 0) is 103 Å². The highest BCUT2D eigenvalue weighted by Gasteiger charge is 2.51. The highest BCUT2D eigenvalue weighted by molar-refractivity contribution is 7.92. The third-order valence-corrected chi connectivity index (χ3v) is 9.50. The first-order valence-electron chi connectivity index (χ1n) is 12.6. The SMILES string of the molecule is CC(C)c1ccc(N(CC(=O)Nc2ccc(C34CC5CC(CC(C5)C3)C4)cc2)S(C)(=O)=O)cc1. The van der Waals surface area contributed by atoms with Crippen LogP contribution < -0.4 is 9.62 Å². The molecule has 0 heterocycles. The molecule has 6 heteroatoms. The Kier molecular flexibility index (Phi) is 5.99. The van der Waals surface area contributed by atoms with E-state index in [1.165, 1.54) is 44.1 Å². The molecule has 0 aliphatic heterocycles. The molecule has 0 unspecified atom stereocenters. The van der Waals surface area contributed by atoms with Crippen molar-refractivity contribution in [2.24, 2.45) is 17.8 Å². The summed E-state index contributed by atoms with van der Waals surface area (Å²) in [5.41, 5.74) is 4.07. The summed E-state index contributed by atoms with van der Waals surface area (Å²) < 4.78 is 26.0. The summed E-state index contributed by atoms with van der Waals surface area (Å²) in [5.74, 6) is 2.68. The summed E-state index contributed by atoms with van der Waals surface area (Å²) in [6.07, 6.45) is 9.33. The molecule has 5 nitrogen and oxygen atoms in total. The minimum atomic E-state index is -3.60. The number of anilines is 2. The fourth-order valence-electron chi connectivity index (χ4n) is 7.13. The van der Waals surface area contributed by atoms with Crippen molar-refractivity contribution in [3.05, 3.63) is 59.7 Å². The molecule has 4 aliphatic rings. The fraction of sp³-hybridized carbons (Fsp3) is 0.536. The van der Waals surface area contributed by atoms with E-state index in [2.05, 4.69) is 31.3 Å². The predicted octanol–water partition coefficient (Wildman–Crippen LogP) is 5.68. The van der Waals surface area contributed by atoms with Crippen LogP contribution in [0.25, 0.3) is 0 Å². The van der Waals surface area contributed by atoms with Crippen LogP contribution in [-0.2, 0) is 20.2 Å². The smallest absolute Gasteiger partial charge is 0.245 e. The Hall–Kier alpha value is -2.34. The molecule has 2 aromatic carbocycles. The Balaban J connectivity index is 1.27. The number of nitrogens with zero attached hydrogens (tertiary/aromatic N) is 1. The number of rotatable bonds is 7. The molecule has 0 saturated heterocycles. The van der Waals surface area contributed by atoms with Crippen LogP contribution in [-0.4, -0.2) is 27.1 Å². The van der Waals surface area contributed by atoms with Crippen molar-refractivity contribution in [3.8, 4) is 0 Å². The van der Waals surface area contributed by atoms with Gasteiger partial charge in [0.1, 0.15) is 6.54 Å². The van der Waals surface area contributed by atoms with Crippen LogP contribution >= 0.6 is 0 Å². The van der Waals surface area contributed by atoms with E-state index in [1.54, 1.807) is 12.1 Å². The zero-order chi connectivity index (χ0) is 24.1. The summed E-state index contributed by atoms with van der Waals surface area (Å²) in [5, 5.41) is 2.90. The van der Waals surface area contributed by atoms with Gasteiger partial charge in [0.2, 0.25) is 15.9 Å². The molecule has 1 N–H and O–H groups in total. The van der Waals surface area contributed by atoms with E-state index < -0.39 is 10.0 Å². The molecular weight excluding hydrogens is 444 g/mol. The molecule has 6 rings (SSSR count). The second-order valence-electron chi connectivity index (χ2n) is 11.3. The van der Waals surface area contributed by atoms with Gasteiger partial charge in [0.15, 0.2) is 0 Å². The monoisotopic (exact) mass is 480 g/mol. The van der Waals surface area contributed by atoms with E-state index in [9.17, 15) is 13.2 Å². The lowest BCUT2D eigenvalue weighted by Gasteiger charge is -2.57. The first-order valence-corrected chi connectivity index (χ1v) is 14.4.